The molecule has 0 amide bonds. The minimum absolute atomic E-state index is 0.193. The highest BCUT2D eigenvalue weighted by Gasteiger charge is 2.01. The average molecular weight is 238 g/mol. The third-order valence-corrected chi connectivity index (χ3v) is 1.70. The second kappa shape index (κ2) is 10.6. The lowest BCUT2D eigenvalue weighted by Gasteiger charge is -2.09. The SMILES string of the molecule is CCCCN=C(NN)NCCOCC(F)F. The Morgan fingerprint density at radius 1 is 1.50 bits per heavy atom. The van der Waals surface area contributed by atoms with Crippen LogP contribution >= 0.6 is 0 Å². The summed E-state index contributed by atoms with van der Waals surface area (Å²) in [5, 5.41) is 2.85. The van der Waals surface area contributed by atoms with Gasteiger partial charge in [-0.1, -0.05) is 13.3 Å². The molecule has 0 unspecified atom stereocenters. The third-order valence-electron chi connectivity index (χ3n) is 1.70. The fourth-order valence-corrected chi connectivity index (χ4v) is 0.916. The van der Waals surface area contributed by atoms with Crippen LogP contribution in [0, 0.1) is 0 Å². The van der Waals surface area contributed by atoms with Crippen LogP contribution < -0.4 is 16.6 Å². The first-order chi connectivity index (χ1) is 7.70. The number of nitrogens with one attached hydrogen (secondary N) is 2. The number of ether oxygens (including phenoxy) is 1. The Bertz CT molecular complexity index is 190. The Morgan fingerprint density at radius 3 is 2.81 bits per heavy atom. The fourth-order valence-electron chi connectivity index (χ4n) is 0.916. The Kier molecular flexibility index (Phi) is 9.94. The lowest BCUT2D eigenvalue weighted by Crippen LogP contribution is -2.43. The highest BCUT2D eigenvalue weighted by molar-refractivity contribution is 5.79. The van der Waals surface area contributed by atoms with Gasteiger partial charge in [-0.2, -0.15) is 0 Å². The Labute approximate surface area is 94.4 Å². The van der Waals surface area contributed by atoms with Crippen LogP contribution in [0.1, 0.15) is 19.8 Å². The number of hydrazine groups is 1. The first-order valence-electron chi connectivity index (χ1n) is 5.31. The van der Waals surface area contributed by atoms with E-state index >= 15 is 0 Å². The summed E-state index contributed by atoms with van der Waals surface area (Å²) in [5.41, 5.74) is 2.40. The lowest BCUT2D eigenvalue weighted by molar-refractivity contribution is 0.0196. The van der Waals surface area contributed by atoms with E-state index in [0.717, 1.165) is 12.8 Å². The molecule has 0 fully saturated rings. The molecule has 96 valence electrons. The van der Waals surface area contributed by atoms with Crippen LogP contribution in [0.3, 0.4) is 0 Å². The largest absolute Gasteiger partial charge is 0.374 e. The standard InChI is InChI=1S/C9H20F2N4O/c1-2-3-4-13-9(15-12)14-5-6-16-7-8(10)11/h8H,2-7,12H2,1H3,(H2,13,14,15). The average Bonchev–Trinajstić information content (AvgIpc) is 2.26. The minimum Gasteiger partial charge on any atom is -0.374 e. The van der Waals surface area contributed by atoms with Crippen molar-refractivity contribution in [1.82, 2.24) is 10.7 Å². The van der Waals surface area contributed by atoms with Crippen LogP contribution in [0.4, 0.5) is 8.78 Å². The van der Waals surface area contributed by atoms with Crippen molar-refractivity contribution < 1.29 is 13.5 Å². The van der Waals surface area contributed by atoms with Gasteiger partial charge in [-0.25, -0.2) is 14.6 Å². The summed E-state index contributed by atoms with van der Waals surface area (Å²) in [6.07, 6.45) is -0.390. The molecule has 5 nitrogen and oxygen atoms in total. The summed E-state index contributed by atoms with van der Waals surface area (Å²) in [6.45, 7) is 2.79. The molecule has 0 aliphatic heterocycles. The topological polar surface area (TPSA) is 71.7 Å². The third kappa shape index (κ3) is 9.60. The van der Waals surface area contributed by atoms with Crippen LogP contribution in [0.2, 0.25) is 0 Å². The monoisotopic (exact) mass is 238 g/mol. The molecule has 0 bridgehead atoms. The van der Waals surface area contributed by atoms with Crippen LogP contribution in [0.25, 0.3) is 0 Å². The van der Waals surface area contributed by atoms with Crippen molar-refractivity contribution in [2.45, 2.75) is 26.2 Å². The molecular formula is C9H20F2N4O. The van der Waals surface area contributed by atoms with Crippen LogP contribution in [0.15, 0.2) is 4.99 Å². The summed E-state index contributed by atoms with van der Waals surface area (Å²) in [5.74, 6) is 5.67. The zero-order valence-electron chi connectivity index (χ0n) is 9.51. The van der Waals surface area contributed by atoms with Crippen molar-refractivity contribution in [2.24, 2.45) is 10.8 Å². The first-order valence-corrected chi connectivity index (χ1v) is 5.31. The summed E-state index contributed by atoms with van der Waals surface area (Å²) < 4.78 is 28.1. The molecule has 0 aromatic carbocycles. The van der Waals surface area contributed by atoms with Gasteiger partial charge < -0.3 is 10.1 Å². The van der Waals surface area contributed by atoms with E-state index in [1.807, 2.05) is 0 Å². The zero-order valence-corrected chi connectivity index (χ0v) is 9.51. The molecule has 16 heavy (non-hydrogen) atoms. The van der Waals surface area contributed by atoms with Gasteiger partial charge in [-0.05, 0) is 6.42 Å². The maximum absolute atomic E-state index is 11.7. The van der Waals surface area contributed by atoms with Crippen LogP contribution in [0.5, 0.6) is 0 Å². The van der Waals surface area contributed by atoms with Crippen LogP contribution in [-0.4, -0.2) is 38.7 Å². The Hall–Kier alpha value is -0.950. The van der Waals surface area contributed by atoms with E-state index in [0.29, 0.717) is 19.0 Å². The normalized spacial score (nSPS) is 11.9. The van der Waals surface area contributed by atoms with E-state index in [1.165, 1.54) is 0 Å². The Morgan fingerprint density at radius 2 is 2.25 bits per heavy atom. The highest BCUT2D eigenvalue weighted by atomic mass is 19.3. The number of halogens is 2. The molecule has 0 aliphatic rings. The smallest absolute Gasteiger partial charge is 0.261 e. The van der Waals surface area contributed by atoms with Crippen molar-refractivity contribution in [3.05, 3.63) is 0 Å². The summed E-state index contributed by atoms with van der Waals surface area (Å²) >= 11 is 0. The number of hydrogen-bond acceptors (Lipinski definition) is 3. The number of aliphatic imine (C=N–C) groups is 1. The number of unbranched alkanes of at least 4 members (excludes halogenated alkanes) is 1. The molecule has 0 radical (unpaired) electrons. The van der Waals surface area contributed by atoms with Crippen LogP contribution in [-0.2, 0) is 4.74 Å². The molecule has 0 aromatic heterocycles. The second-order valence-corrected chi connectivity index (χ2v) is 3.12. The molecule has 4 N–H and O–H groups in total. The number of nitrogens with zero attached hydrogens (tertiary/aromatic N) is 1. The van der Waals surface area contributed by atoms with E-state index in [-0.39, 0.29) is 6.61 Å². The van der Waals surface area contributed by atoms with E-state index in [2.05, 4.69) is 27.4 Å². The quantitative estimate of drug-likeness (QED) is 0.189. The van der Waals surface area contributed by atoms with Crippen molar-refractivity contribution in [3.8, 4) is 0 Å². The predicted octanol–water partition coefficient (Wildman–Crippen LogP) is 0.477. The van der Waals surface area contributed by atoms with Gasteiger partial charge in [0.05, 0.1) is 6.61 Å². The summed E-state index contributed by atoms with van der Waals surface area (Å²) in [4.78, 5) is 4.13. The molecule has 0 atom stereocenters. The summed E-state index contributed by atoms with van der Waals surface area (Å²) in [7, 11) is 0. The fraction of sp³-hybridized carbons (Fsp3) is 0.889. The molecule has 0 rings (SSSR count). The van der Waals surface area contributed by atoms with Gasteiger partial charge in [-0.15, -0.1) is 0 Å². The molecule has 0 aliphatic carbocycles. The first kappa shape index (κ1) is 15.0. The Balaban J connectivity index is 3.51. The maximum Gasteiger partial charge on any atom is 0.261 e. The van der Waals surface area contributed by atoms with E-state index < -0.39 is 13.0 Å². The minimum atomic E-state index is -2.43. The van der Waals surface area contributed by atoms with E-state index in [4.69, 9.17) is 5.84 Å². The number of rotatable bonds is 8. The zero-order chi connectivity index (χ0) is 12.2. The van der Waals surface area contributed by atoms with Crippen molar-refractivity contribution in [1.29, 1.82) is 0 Å². The number of nitrogens with two attached hydrogens (primary N) is 1. The van der Waals surface area contributed by atoms with Gasteiger partial charge in [0.15, 0.2) is 0 Å². The van der Waals surface area contributed by atoms with Crippen molar-refractivity contribution >= 4 is 5.96 Å². The van der Waals surface area contributed by atoms with Gasteiger partial charge in [0.25, 0.3) is 6.43 Å². The van der Waals surface area contributed by atoms with Crippen molar-refractivity contribution in [3.63, 3.8) is 0 Å². The van der Waals surface area contributed by atoms with Gasteiger partial charge >= 0.3 is 0 Å². The predicted molar refractivity (Wildman–Crippen MR) is 59.4 cm³/mol. The molecule has 0 heterocycles. The molecule has 0 saturated heterocycles. The molecule has 0 aromatic rings. The molecular weight excluding hydrogens is 218 g/mol. The maximum atomic E-state index is 11.7. The number of guanidine groups is 1. The molecule has 0 spiro atoms. The highest BCUT2D eigenvalue weighted by Crippen LogP contribution is 1.91. The van der Waals surface area contributed by atoms with Gasteiger partial charge in [-0.3, -0.25) is 10.4 Å². The number of hydrogen-bond donors (Lipinski definition) is 3. The molecule has 0 saturated carbocycles. The van der Waals surface area contributed by atoms with E-state index in [1.54, 1.807) is 0 Å². The van der Waals surface area contributed by atoms with Gasteiger partial charge in [0.1, 0.15) is 6.61 Å². The lowest BCUT2D eigenvalue weighted by atomic mass is 10.3. The summed E-state index contributed by atoms with van der Waals surface area (Å²) in [6, 6.07) is 0. The number of alkyl halides is 2. The second-order valence-electron chi connectivity index (χ2n) is 3.12. The van der Waals surface area contributed by atoms with Gasteiger partial charge in [0, 0.05) is 13.1 Å². The van der Waals surface area contributed by atoms with E-state index in [9.17, 15) is 8.78 Å². The van der Waals surface area contributed by atoms with Gasteiger partial charge in [0.2, 0.25) is 5.96 Å². The molecule has 7 heteroatoms. The van der Waals surface area contributed by atoms with Crippen molar-refractivity contribution in [2.75, 3.05) is 26.3 Å².